The lowest BCUT2D eigenvalue weighted by molar-refractivity contribution is -0.123. The number of aromatic nitrogens is 3. The fourth-order valence-electron chi connectivity index (χ4n) is 2.00. The Bertz CT molecular complexity index is 460. The van der Waals surface area contributed by atoms with Gasteiger partial charge in [-0.15, -0.1) is 5.10 Å². The summed E-state index contributed by atoms with van der Waals surface area (Å²) in [5.41, 5.74) is 0.821. The van der Waals surface area contributed by atoms with E-state index in [9.17, 15) is 4.79 Å². The van der Waals surface area contributed by atoms with Crippen molar-refractivity contribution >= 4 is 5.78 Å². The van der Waals surface area contributed by atoms with E-state index >= 15 is 0 Å². The van der Waals surface area contributed by atoms with Crippen molar-refractivity contribution in [2.24, 2.45) is 5.92 Å². The number of hydrogen-bond acceptors (Lipinski definition) is 6. The van der Waals surface area contributed by atoms with Gasteiger partial charge in [0.1, 0.15) is 11.5 Å². The molecular formula is C17H32N4O3. The maximum absolute atomic E-state index is 11.4. The molecule has 0 fully saturated rings. The van der Waals surface area contributed by atoms with Gasteiger partial charge in [-0.05, 0) is 13.0 Å². The van der Waals surface area contributed by atoms with Gasteiger partial charge in [0.25, 0.3) is 0 Å². The molecule has 0 atom stereocenters. The molecule has 0 saturated carbocycles. The van der Waals surface area contributed by atoms with Crippen LogP contribution in [-0.4, -0.2) is 53.2 Å². The molecule has 0 aromatic carbocycles. The molecule has 0 amide bonds. The van der Waals surface area contributed by atoms with E-state index in [2.05, 4.69) is 29.5 Å². The van der Waals surface area contributed by atoms with Gasteiger partial charge in [0, 0.05) is 24.9 Å². The number of nitrogens with zero attached hydrogens (tertiary/aromatic N) is 3. The highest BCUT2D eigenvalue weighted by atomic mass is 16.5. The largest absolute Gasteiger partial charge is 0.379 e. The summed E-state index contributed by atoms with van der Waals surface area (Å²) in [7, 11) is 0. The number of ether oxygens (including phenoxy) is 2. The zero-order chi connectivity index (χ0) is 17.8. The quantitative estimate of drug-likeness (QED) is 0.521. The summed E-state index contributed by atoms with van der Waals surface area (Å²) < 4.78 is 12.7. The monoisotopic (exact) mass is 340 g/mol. The second-order valence-electron chi connectivity index (χ2n) is 6.47. The summed E-state index contributed by atoms with van der Waals surface area (Å²) >= 11 is 0. The summed E-state index contributed by atoms with van der Waals surface area (Å²) in [5, 5.41) is 11.5. The van der Waals surface area contributed by atoms with Crippen molar-refractivity contribution in [3.63, 3.8) is 0 Å². The first-order valence-corrected chi connectivity index (χ1v) is 8.79. The van der Waals surface area contributed by atoms with Crippen LogP contribution in [0.2, 0.25) is 0 Å². The van der Waals surface area contributed by atoms with E-state index < -0.39 is 0 Å². The van der Waals surface area contributed by atoms with Crippen LogP contribution in [0, 0.1) is 5.92 Å². The zero-order valence-electron chi connectivity index (χ0n) is 15.5. The number of hydrogen-bond donors (Lipinski definition) is 1. The van der Waals surface area contributed by atoms with Crippen molar-refractivity contribution in [3.8, 4) is 0 Å². The second kappa shape index (κ2) is 12.1. The first-order valence-electron chi connectivity index (χ1n) is 8.79. The van der Waals surface area contributed by atoms with Crippen LogP contribution < -0.4 is 5.32 Å². The minimum Gasteiger partial charge on any atom is -0.379 e. The van der Waals surface area contributed by atoms with Gasteiger partial charge in [-0.3, -0.25) is 9.48 Å². The fourth-order valence-corrected chi connectivity index (χ4v) is 2.00. The fraction of sp³-hybridized carbons (Fsp3) is 0.824. The highest BCUT2D eigenvalue weighted by Gasteiger charge is 2.06. The summed E-state index contributed by atoms with van der Waals surface area (Å²) in [4.78, 5) is 11.4. The average Bonchev–Trinajstić information content (AvgIpc) is 2.98. The van der Waals surface area contributed by atoms with Crippen LogP contribution in [0.4, 0.5) is 0 Å². The third-order valence-corrected chi connectivity index (χ3v) is 3.46. The van der Waals surface area contributed by atoms with Crippen molar-refractivity contribution in [2.45, 2.75) is 59.7 Å². The number of Topliss-reactive ketones (excluding diaryl/α,β-unsaturated/α-hetero) is 1. The molecule has 24 heavy (non-hydrogen) atoms. The molecule has 0 radical (unpaired) electrons. The van der Waals surface area contributed by atoms with Crippen molar-refractivity contribution < 1.29 is 14.3 Å². The van der Waals surface area contributed by atoms with Gasteiger partial charge in [-0.1, -0.05) is 32.9 Å². The lowest BCUT2D eigenvalue weighted by atomic mass is 10.1. The van der Waals surface area contributed by atoms with Gasteiger partial charge in [0.2, 0.25) is 0 Å². The first kappa shape index (κ1) is 20.7. The van der Waals surface area contributed by atoms with E-state index in [1.807, 2.05) is 24.7 Å². The van der Waals surface area contributed by atoms with Gasteiger partial charge >= 0.3 is 0 Å². The van der Waals surface area contributed by atoms with Crippen molar-refractivity contribution in [1.82, 2.24) is 20.3 Å². The minimum absolute atomic E-state index is 0.0774. The SMILES string of the molecule is CC(C)NCCCn1cc(COCCOCCC(=O)C(C)C)nn1. The summed E-state index contributed by atoms with van der Waals surface area (Å²) in [6.07, 6.45) is 3.40. The lowest BCUT2D eigenvalue weighted by Crippen LogP contribution is -2.24. The molecule has 0 bridgehead atoms. The van der Waals surface area contributed by atoms with Crippen LogP contribution in [0.15, 0.2) is 6.20 Å². The Hall–Kier alpha value is -1.31. The summed E-state index contributed by atoms with van der Waals surface area (Å²) in [6.45, 7) is 11.8. The van der Waals surface area contributed by atoms with E-state index in [1.165, 1.54) is 0 Å². The third kappa shape index (κ3) is 9.75. The molecule has 0 aliphatic carbocycles. The number of carbonyl (C=O) groups excluding carboxylic acids is 1. The Labute approximate surface area is 145 Å². The number of nitrogens with one attached hydrogen (secondary N) is 1. The maximum Gasteiger partial charge on any atom is 0.137 e. The van der Waals surface area contributed by atoms with Crippen LogP contribution in [0.25, 0.3) is 0 Å². The second-order valence-corrected chi connectivity index (χ2v) is 6.47. The molecule has 0 unspecified atom stereocenters. The zero-order valence-corrected chi connectivity index (χ0v) is 15.5. The Morgan fingerprint density at radius 1 is 1.21 bits per heavy atom. The molecule has 7 heteroatoms. The van der Waals surface area contributed by atoms with E-state index in [1.54, 1.807) is 0 Å². The highest BCUT2D eigenvalue weighted by Crippen LogP contribution is 2.00. The van der Waals surface area contributed by atoms with Crippen molar-refractivity contribution in [2.75, 3.05) is 26.4 Å². The van der Waals surface area contributed by atoms with E-state index in [-0.39, 0.29) is 11.7 Å². The molecule has 1 heterocycles. The van der Waals surface area contributed by atoms with Gasteiger partial charge in [0.15, 0.2) is 0 Å². The first-order chi connectivity index (χ1) is 11.5. The van der Waals surface area contributed by atoms with Gasteiger partial charge in [-0.2, -0.15) is 0 Å². The van der Waals surface area contributed by atoms with E-state index in [4.69, 9.17) is 9.47 Å². The lowest BCUT2D eigenvalue weighted by Gasteiger charge is -2.07. The number of rotatable bonds is 14. The van der Waals surface area contributed by atoms with E-state index in [0.29, 0.717) is 38.9 Å². The van der Waals surface area contributed by atoms with Gasteiger partial charge < -0.3 is 14.8 Å². The molecule has 0 aliphatic rings. The van der Waals surface area contributed by atoms with Crippen molar-refractivity contribution in [3.05, 3.63) is 11.9 Å². The topological polar surface area (TPSA) is 78.3 Å². The van der Waals surface area contributed by atoms with Gasteiger partial charge in [0.05, 0.1) is 32.6 Å². The maximum atomic E-state index is 11.4. The van der Waals surface area contributed by atoms with Crippen LogP contribution in [0.5, 0.6) is 0 Å². The number of aryl methyl sites for hydroxylation is 1. The van der Waals surface area contributed by atoms with E-state index in [0.717, 1.165) is 25.2 Å². The molecule has 1 rings (SSSR count). The Balaban J connectivity index is 2.02. The molecule has 1 N–H and O–H groups in total. The predicted octanol–water partition coefficient (Wildman–Crippen LogP) is 1.81. The molecule has 1 aromatic heterocycles. The standard InChI is InChI=1S/C17H32N4O3/c1-14(2)17(22)6-9-23-10-11-24-13-16-12-21(20-19-16)8-5-7-18-15(3)4/h12,14-15,18H,5-11,13H2,1-4H3. The normalized spacial score (nSPS) is 11.6. The molecule has 1 aromatic rings. The smallest absolute Gasteiger partial charge is 0.137 e. The summed E-state index contributed by atoms with van der Waals surface area (Å²) in [5.74, 6) is 0.310. The third-order valence-electron chi connectivity index (χ3n) is 3.46. The predicted molar refractivity (Wildman–Crippen MR) is 92.7 cm³/mol. The number of ketones is 1. The van der Waals surface area contributed by atoms with Crippen LogP contribution in [0.1, 0.15) is 46.2 Å². The minimum atomic E-state index is 0.0774. The molecule has 7 nitrogen and oxygen atoms in total. The average molecular weight is 340 g/mol. The van der Waals surface area contributed by atoms with Crippen molar-refractivity contribution in [1.29, 1.82) is 0 Å². The number of carbonyl (C=O) groups is 1. The summed E-state index contributed by atoms with van der Waals surface area (Å²) in [6, 6.07) is 0.510. The molecule has 0 spiro atoms. The molecule has 138 valence electrons. The Kier molecular flexibility index (Phi) is 10.5. The van der Waals surface area contributed by atoms with Gasteiger partial charge in [-0.25, -0.2) is 0 Å². The van der Waals surface area contributed by atoms with Crippen LogP contribution in [0.3, 0.4) is 0 Å². The molecular weight excluding hydrogens is 308 g/mol. The highest BCUT2D eigenvalue weighted by molar-refractivity contribution is 5.80. The molecule has 0 saturated heterocycles. The Morgan fingerprint density at radius 3 is 2.67 bits per heavy atom. The Morgan fingerprint density at radius 2 is 1.96 bits per heavy atom. The van der Waals surface area contributed by atoms with Crippen LogP contribution in [-0.2, 0) is 27.4 Å². The van der Waals surface area contributed by atoms with Crippen LogP contribution >= 0.6 is 0 Å². The molecule has 0 aliphatic heterocycles.